The van der Waals surface area contributed by atoms with E-state index in [0.717, 1.165) is 12.2 Å². The van der Waals surface area contributed by atoms with Crippen molar-refractivity contribution in [2.75, 3.05) is 6.54 Å². The molecule has 1 aromatic rings. The third-order valence-corrected chi connectivity index (χ3v) is 2.54. The van der Waals surface area contributed by atoms with E-state index in [1.54, 1.807) is 0 Å². The van der Waals surface area contributed by atoms with Gasteiger partial charge in [-0.2, -0.15) is 0 Å². The van der Waals surface area contributed by atoms with E-state index in [4.69, 9.17) is 22.1 Å². The van der Waals surface area contributed by atoms with Crippen LogP contribution in [0.15, 0.2) is 12.1 Å². The average Bonchev–Trinajstić information content (AvgIpc) is 2.64. The van der Waals surface area contributed by atoms with Gasteiger partial charge in [-0.3, -0.25) is 0 Å². The Morgan fingerprint density at radius 3 is 2.73 bits per heavy atom. The van der Waals surface area contributed by atoms with E-state index in [1.165, 1.54) is 11.1 Å². The summed E-state index contributed by atoms with van der Waals surface area (Å²) >= 11 is 6.03. The zero-order valence-electron chi connectivity index (χ0n) is 9.51. The van der Waals surface area contributed by atoms with Gasteiger partial charge in [-0.15, -0.1) is 0 Å². The molecule has 84 valence electrons. The van der Waals surface area contributed by atoms with Gasteiger partial charge in [0.15, 0.2) is 0 Å². The van der Waals surface area contributed by atoms with Gasteiger partial charge >= 0.3 is 0 Å². The lowest BCUT2D eigenvalue weighted by Crippen LogP contribution is -2.24. The van der Waals surface area contributed by atoms with Crippen LogP contribution in [0.4, 0.5) is 0 Å². The highest BCUT2D eigenvalue weighted by atomic mass is 35.5. The lowest BCUT2D eigenvalue weighted by atomic mass is 10.1. The van der Waals surface area contributed by atoms with Crippen molar-refractivity contribution in [2.24, 2.45) is 5.73 Å². The smallest absolute Gasteiger partial charge is 0.141 e. The Balaban J connectivity index is 0.000000531. The van der Waals surface area contributed by atoms with Crippen molar-refractivity contribution in [3.63, 3.8) is 0 Å². The Bertz CT molecular complexity index is 339. The Morgan fingerprint density at radius 2 is 2.13 bits per heavy atom. The van der Waals surface area contributed by atoms with Crippen LogP contribution in [0, 0.1) is 6.92 Å². The number of halogens is 1. The molecule has 0 saturated heterocycles. The molecule has 1 aliphatic heterocycles. The highest BCUT2D eigenvalue weighted by Gasteiger charge is 2.23. The van der Waals surface area contributed by atoms with Gasteiger partial charge in [0.05, 0.1) is 5.02 Å². The molecule has 0 fully saturated rings. The quantitative estimate of drug-likeness (QED) is 0.801. The largest absolute Gasteiger partial charge is 0.487 e. The summed E-state index contributed by atoms with van der Waals surface area (Å²) in [7, 11) is 0. The molecule has 15 heavy (non-hydrogen) atoms. The summed E-state index contributed by atoms with van der Waals surface area (Å²) in [6, 6.07) is 4.02. The fraction of sp³-hybridized carbons (Fsp3) is 0.500. The predicted molar refractivity (Wildman–Crippen MR) is 64.7 cm³/mol. The maximum absolute atomic E-state index is 6.03. The highest BCUT2D eigenvalue weighted by Crippen LogP contribution is 2.36. The van der Waals surface area contributed by atoms with E-state index < -0.39 is 0 Å². The second-order valence-corrected chi connectivity index (χ2v) is 3.82. The molecule has 0 radical (unpaired) electrons. The fourth-order valence-corrected chi connectivity index (χ4v) is 2.01. The standard InChI is InChI=1S/C10H12ClNO.C2H6/c1-6-2-7-4-8(5-12)13-10(7)9(11)3-6;1-2/h2-3,8H,4-5,12H2,1H3;1-2H3. The van der Waals surface area contributed by atoms with E-state index >= 15 is 0 Å². The molecule has 1 aromatic carbocycles. The summed E-state index contributed by atoms with van der Waals surface area (Å²) < 4.78 is 5.58. The average molecular weight is 228 g/mol. The molecule has 1 aliphatic rings. The van der Waals surface area contributed by atoms with Crippen LogP contribution < -0.4 is 10.5 Å². The molecule has 0 spiro atoms. The van der Waals surface area contributed by atoms with Gasteiger partial charge in [0.25, 0.3) is 0 Å². The molecule has 2 rings (SSSR count). The molecular weight excluding hydrogens is 210 g/mol. The van der Waals surface area contributed by atoms with Crippen molar-refractivity contribution >= 4 is 11.6 Å². The van der Waals surface area contributed by atoms with E-state index in [0.29, 0.717) is 11.6 Å². The second-order valence-electron chi connectivity index (χ2n) is 3.41. The van der Waals surface area contributed by atoms with Crippen LogP contribution >= 0.6 is 11.6 Å². The molecule has 3 heteroatoms. The lowest BCUT2D eigenvalue weighted by molar-refractivity contribution is 0.241. The SMILES string of the molecule is CC.Cc1cc(Cl)c2c(c1)CC(CN)O2. The molecule has 1 unspecified atom stereocenters. The van der Waals surface area contributed by atoms with Crippen LogP contribution in [-0.2, 0) is 6.42 Å². The first-order valence-corrected chi connectivity index (χ1v) is 5.74. The number of fused-ring (bicyclic) bond motifs is 1. The number of ether oxygens (including phenoxy) is 1. The molecule has 0 aliphatic carbocycles. The molecule has 2 N–H and O–H groups in total. The van der Waals surface area contributed by atoms with Gasteiger partial charge in [-0.1, -0.05) is 31.5 Å². The first-order valence-electron chi connectivity index (χ1n) is 5.36. The molecule has 2 nitrogen and oxygen atoms in total. The number of hydrogen-bond donors (Lipinski definition) is 1. The number of nitrogens with two attached hydrogens (primary N) is 1. The van der Waals surface area contributed by atoms with Crippen molar-refractivity contribution in [2.45, 2.75) is 33.3 Å². The summed E-state index contributed by atoms with van der Waals surface area (Å²) in [5, 5.41) is 0.700. The van der Waals surface area contributed by atoms with Gasteiger partial charge < -0.3 is 10.5 Å². The Kier molecular flexibility index (Phi) is 4.43. The second kappa shape index (κ2) is 5.38. The van der Waals surface area contributed by atoms with E-state index in [9.17, 15) is 0 Å². The maximum atomic E-state index is 6.03. The molecule has 0 amide bonds. The van der Waals surface area contributed by atoms with Crippen LogP contribution in [0.2, 0.25) is 5.02 Å². The molecule has 0 bridgehead atoms. The van der Waals surface area contributed by atoms with Crippen molar-refractivity contribution in [3.05, 3.63) is 28.3 Å². The van der Waals surface area contributed by atoms with Gasteiger partial charge in [-0.25, -0.2) is 0 Å². The minimum atomic E-state index is 0.106. The van der Waals surface area contributed by atoms with Crippen molar-refractivity contribution in [3.8, 4) is 5.75 Å². The summed E-state index contributed by atoms with van der Waals surface area (Å²) in [6.07, 6.45) is 0.988. The van der Waals surface area contributed by atoms with Gasteiger partial charge in [0.1, 0.15) is 11.9 Å². The number of hydrogen-bond acceptors (Lipinski definition) is 2. The Morgan fingerprint density at radius 1 is 1.47 bits per heavy atom. The Labute approximate surface area is 96.4 Å². The molecule has 1 atom stereocenters. The number of aryl methyl sites for hydroxylation is 1. The third kappa shape index (κ3) is 2.64. The van der Waals surface area contributed by atoms with Crippen LogP contribution in [0.1, 0.15) is 25.0 Å². The zero-order chi connectivity index (χ0) is 11.4. The normalized spacial score (nSPS) is 17.5. The summed E-state index contributed by atoms with van der Waals surface area (Å²) in [5.41, 5.74) is 7.89. The van der Waals surface area contributed by atoms with Crippen LogP contribution in [0.25, 0.3) is 0 Å². The first-order chi connectivity index (χ1) is 7.20. The predicted octanol–water partition coefficient (Wildman–Crippen LogP) is 2.94. The highest BCUT2D eigenvalue weighted by molar-refractivity contribution is 6.32. The van der Waals surface area contributed by atoms with Crippen molar-refractivity contribution < 1.29 is 4.74 Å². The molecule has 0 aromatic heterocycles. The minimum Gasteiger partial charge on any atom is -0.487 e. The van der Waals surface area contributed by atoms with Gasteiger partial charge in [-0.05, 0) is 24.1 Å². The minimum absolute atomic E-state index is 0.106. The Hall–Kier alpha value is -0.730. The maximum Gasteiger partial charge on any atom is 0.141 e. The summed E-state index contributed by atoms with van der Waals surface area (Å²) in [4.78, 5) is 0. The topological polar surface area (TPSA) is 35.2 Å². The first kappa shape index (κ1) is 12.3. The fourth-order valence-electron chi connectivity index (χ4n) is 1.67. The number of benzene rings is 1. The van der Waals surface area contributed by atoms with Gasteiger partial charge in [0, 0.05) is 13.0 Å². The zero-order valence-corrected chi connectivity index (χ0v) is 10.3. The lowest BCUT2D eigenvalue weighted by Gasteiger charge is -2.07. The van der Waals surface area contributed by atoms with Crippen LogP contribution in [-0.4, -0.2) is 12.6 Å². The van der Waals surface area contributed by atoms with Gasteiger partial charge in [0.2, 0.25) is 0 Å². The molecule has 0 saturated carbocycles. The molecular formula is C12H18ClNO. The number of rotatable bonds is 1. The van der Waals surface area contributed by atoms with Crippen molar-refractivity contribution in [1.82, 2.24) is 0 Å². The van der Waals surface area contributed by atoms with E-state index in [2.05, 4.69) is 6.07 Å². The summed E-state index contributed by atoms with van der Waals surface area (Å²) in [6.45, 7) is 6.58. The van der Waals surface area contributed by atoms with Crippen LogP contribution in [0.3, 0.4) is 0 Å². The van der Waals surface area contributed by atoms with Crippen LogP contribution in [0.5, 0.6) is 5.75 Å². The van der Waals surface area contributed by atoms with E-state index in [1.807, 2.05) is 26.8 Å². The molecule has 1 heterocycles. The third-order valence-electron chi connectivity index (χ3n) is 2.26. The summed E-state index contributed by atoms with van der Waals surface area (Å²) in [5.74, 6) is 0.822. The monoisotopic (exact) mass is 227 g/mol. The van der Waals surface area contributed by atoms with Crippen molar-refractivity contribution in [1.29, 1.82) is 0 Å². The van der Waals surface area contributed by atoms with E-state index in [-0.39, 0.29) is 6.10 Å².